The van der Waals surface area contributed by atoms with Crippen molar-refractivity contribution >= 4 is 29.9 Å². The number of aromatic nitrogens is 1. The molecule has 0 aliphatic carbocycles. The third kappa shape index (κ3) is 7.05. The van der Waals surface area contributed by atoms with Gasteiger partial charge in [-0.1, -0.05) is 44.2 Å². The SMILES string of the molecule is CN=C(NCc1nc(C)c(C)o1)NCC(C)(C)Cc1ccccc1.I. The second-order valence-electron chi connectivity index (χ2n) is 6.86. The maximum Gasteiger partial charge on any atom is 0.214 e. The summed E-state index contributed by atoms with van der Waals surface area (Å²) in [5.41, 5.74) is 2.39. The van der Waals surface area contributed by atoms with Gasteiger partial charge in [-0.05, 0) is 31.2 Å². The second kappa shape index (κ2) is 9.79. The Bertz CT molecular complexity index is 660. The van der Waals surface area contributed by atoms with Gasteiger partial charge < -0.3 is 15.1 Å². The maximum atomic E-state index is 5.58. The first kappa shape index (κ1) is 21.5. The molecule has 0 bridgehead atoms. The van der Waals surface area contributed by atoms with Crippen molar-refractivity contribution in [2.75, 3.05) is 13.6 Å². The smallest absolute Gasteiger partial charge is 0.214 e. The number of halogens is 1. The molecule has 0 aliphatic heterocycles. The maximum absolute atomic E-state index is 5.58. The largest absolute Gasteiger partial charge is 0.444 e. The number of guanidine groups is 1. The molecule has 2 rings (SSSR count). The lowest BCUT2D eigenvalue weighted by atomic mass is 9.86. The van der Waals surface area contributed by atoms with E-state index in [0.717, 1.165) is 30.4 Å². The van der Waals surface area contributed by atoms with Crippen LogP contribution in [-0.4, -0.2) is 24.5 Å². The van der Waals surface area contributed by atoms with Crippen LogP contribution in [0.5, 0.6) is 0 Å². The van der Waals surface area contributed by atoms with E-state index in [1.54, 1.807) is 7.05 Å². The van der Waals surface area contributed by atoms with E-state index >= 15 is 0 Å². The summed E-state index contributed by atoms with van der Waals surface area (Å²) in [6.07, 6.45) is 1.01. The molecule has 0 aliphatic rings. The highest BCUT2D eigenvalue weighted by molar-refractivity contribution is 14.0. The Hall–Kier alpha value is -1.57. The molecule has 138 valence electrons. The fraction of sp³-hybridized carbons (Fsp3) is 0.474. The summed E-state index contributed by atoms with van der Waals surface area (Å²) in [7, 11) is 1.77. The Kier molecular flexibility index (Phi) is 8.41. The molecule has 2 N–H and O–H groups in total. The van der Waals surface area contributed by atoms with Gasteiger partial charge in [0.1, 0.15) is 5.76 Å². The van der Waals surface area contributed by atoms with Gasteiger partial charge in [0, 0.05) is 13.6 Å². The lowest BCUT2D eigenvalue weighted by Gasteiger charge is -2.26. The molecule has 2 aromatic rings. The van der Waals surface area contributed by atoms with Crippen LogP contribution in [-0.2, 0) is 13.0 Å². The Balaban J connectivity index is 0.00000312. The molecule has 0 fully saturated rings. The third-order valence-electron chi connectivity index (χ3n) is 3.96. The molecular formula is C19H29IN4O. The molecule has 5 nitrogen and oxygen atoms in total. The first-order valence-corrected chi connectivity index (χ1v) is 8.31. The van der Waals surface area contributed by atoms with Crippen molar-refractivity contribution in [2.24, 2.45) is 10.4 Å². The van der Waals surface area contributed by atoms with E-state index in [4.69, 9.17) is 4.42 Å². The number of benzene rings is 1. The number of nitrogens with one attached hydrogen (secondary N) is 2. The molecule has 0 unspecified atom stereocenters. The van der Waals surface area contributed by atoms with E-state index in [1.807, 2.05) is 19.9 Å². The quantitative estimate of drug-likeness (QED) is 0.394. The van der Waals surface area contributed by atoms with Crippen LogP contribution < -0.4 is 10.6 Å². The Labute approximate surface area is 167 Å². The summed E-state index contributed by atoms with van der Waals surface area (Å²) >= 11 is 0. The summed E-state index contributed by atoms with van der Waals surface area (Å²) in [4.78, 5) is 8.64. The van der Waals surface area contributed by atoms with E-state index < -0.39 is 0 Å². The third-order valence-corrected chi connectivity index (χ3v) is 3.96. The minimum Gasteiger partial charge on any atom is -0.444 e. The highest BCUT2D eigenvalue weighted by Crippen LogP contribution is 2.20. The van der Waals surface area contributed by atoms with E-state index in [2.05, 4.69) is 58.7 Å². The van der Waals surface area contributed by atoms with E-state index in [-0.39, 0.29) is 29.4 Å². The summed E-state index contributed by atoms with van der Waals surface area (Å²) in [5.74, 6) is 2.29. The number of aryl methyl sites for hydroxylation is 2. The minimum absolute atomic E-state index is 0. The van der Waals surface area contributed by atoms with Crippen LogP contribution in [0, 0.1) is 19.3 Å². The normalized spacial score (nSPS) is 11.8. The fourth-order valence-electron chi connectivity index (χ4n) is 2.53. The topological polar surface area (TPSA) is 62.5 Å². The lowest BCUT2D eigenvalue weighted by molar-refractivity contribution is 0.358. The van der Waals surface area contributed by atoms with E-state index in [9.17, 15) is 0 Å². The molecule has 1 heterocycles. The van der Waals surface area contributed by atoms with Gasteiger partial charge in [-0.2, -0.15) is 0 Å². The lowest BCUT2D eigenvalue weighted by Crippen LogP contribution is -2.42. The first-order valence-electron chi connectivity index (χ1n) is 8.31. The van der Waals surface area contributed by atoms with Gasteiger partial charge in [-0.15, -0.1) is 24.0 Å². The highest BCUT2D eigenvalue weighted by Gasteiger charge is 2.19. The zero-order valence-electron chi connectivity index (χ0n) is 15.7. The molecule has 0 saturated carbocycles. The molecule has 25 heavy (non-hydrogen) atoms. The van der Waals surface area contributed by atoms with Crippen LogP contribution >= 0.6 is 24.0 Å². The van der Waals surface area contributed by atoms with Crippen molar-refractivity contribution in [1.29, 1.82) is 0 Å². The predicted molar refractivity (Wildman–Crippen MR) is 114 cm³/mol. The standard InChI is InChI=1S/C19H28N4O.HI/c1-14-15(2)24-17(23-14)12-21-18(20-5)22-13-19(3,4)11-16-9-7-6-8-10-16;/h6-10H,11-13H2,1-5H3,(H2,20,21,22);1H. The van der Waals surface area contributed by atoms with Crippen molar-refractivity contribution in [2.45, 2.75) is 40.7 Å². The molecule has 0 radical (unpaired) electrons. The van der Waals surface area contributed by atoms with E-state index in [0.29, 0.717) is 12.4 Å². The molecule has 0 atom stereocenters. The first-order chi connectivity index (χ1) is 11.4. The van der Waals surface area contributed by atoms with Crippen molar-refractivity contribution in [3.63, 3.8) is 0 Å². The minimum atomic E-state index is 0. The van der Waals surface area contributed by atoms with Crippen LogP contribution in [0.3, 0.4) is 0 Å². The zero-order valence-corrected chi connectivity index (χ0v) is 18.0. The van der Waals surface area contributed by atoms with Crippen LogP contribution in [0.15, 0.2) is 39.7 Å². The summed E-state index contributed by atoms with van der Waals surface area (Å²) in [6.45, 7) is 9.72. The zero-order chi connectivity index (χ0) is 17.6. The molecule has 6 heteroatoms. The van der Waals surface area contributed by atoms with Crippen LogP contribution in [0.2, 0.25) is 0 Å². The highest BCUT2D eigenvalue weighted by atomic mass is 127. The number of aliphatic imine (C=N–C) groups is 1. The number of hydrogen-bond acceptors (Lipinski definition) is 3. The Morgan fingerprint density at radius 1 is 1.16 bits per heavy atom. The van der Waals surface area contributed by atoms with Gasteiger partial charge >= 0.3 is 0 Å². The number of hydrogen-bond donors (Lipinski definition) is 2. The van der Waals surface area contributed by atoms with E-state index in [1.165, 1.54) is 5.56 Å². The molecule has 0 spiro atoms. The van der Waals surface area contributed by atoms with Crippen LogP contribution in [0.1, 0.15) is 36.8 Å². The second-order valence-corrected chi connectivity index (χ2v) is 6.86. The average molecular weight is 456 g/mol. The Morgan fingerprint density at radius 2 is 1.84 bits per heavy atom. The van der Waals surface area contributed by atoms with Gasteiger partial charge in [-0.3, -0.25) is 4.99 Å². The van der Waals surface area contributed by atoms with Crippen molar-refractivity contribution in [1.82, 2.24) is 15.6 Å². The number of rotatable bonds is 6. The number of nitrogens with zero attached hydrogens (tertiary/aromatic N) is 2. The van der Waals surface area contributed by atoms with Gasteiger partial charge in [0.15, 0.2) is 5.96 Å². The monoisotopic (exact) mass is 456 g/mol. The summed E-state index contributed by atoms with van der Waals surface area (Å²) in [6, 6.07) is 10.6. The van der Waals surface area contributed by atoms with Gasteiger partial charge in [0.25, 0.3) is 0 Å². The summed E-state index contributed by atoms with van der Waals surface area (Å²) < 4.78 is 5.58. The fourth-order valence-corrected chi connectivity index (χ4v) is 2.53. The molecule has 1 aromatic carbocycles. The molecule has 0 amide bonds. The van der Waals surface area contributed by atoms with Crippen LogP contribution in [0.25, 0.3) is 0 Å². The van der Waals surface area contributed by atoms with Gasteiger partial charge in [-0.25, -0.2) is 4.98 Å². The van der Waals surface area contributed by atoms with Crippen molar-refractivity contribution in [3.8, 4) is 0 Å². The van der Waals surface area contributed by atoms with Gasteiger partial charge in [0.05, 0.1) is 12.2 Å². The van der Waals surface area contributed by atoms with Crippen LogP contribution in [0.4, 0.5) is 0 Å². The van der Waals surface area contributed by atoms with Crippen molar-refractivity contribution < 1.29 is 4.42 Å². The molecule has 0 saturated heterocycles. The number of oxazole rings is 1. The van der Waals surface area contributed by atoms with Gasteiger partial charge in [0.2, 0.25) is 5.89 Å². The Morgan fingerprint density at radius 3 is 2.40 bits per heavy atom. The molecular weight excluding hydrogens is 427 g/mol. The predicted octanol–water partition coefficient (Wildman–Crippen LogP) is 3.84. The summed E-state index contributed by atoms with van der Waals surface area (Å²) in [5, 5.41) is 6.64. The van der Waals surface area contributed by atoms with Crippen molar-refractivity contribution in [3.05, 3.63) is 53.2 Å². The average Bonchev–Trinajstić information content (AvgIpc) is 2.86. The molecule has 1 aromatic heterocycles.